The lowest BCUT2D eigenvalue weighted by molar-refractivity contribution is -0.384. The summed E-state index contributed by atoms with van der Waals surface area (Å²) in [5.41, 5.74) is 0.733. The number of non-ortho nitro benzene ring substituents is 1. The monoisotopic (exact) mass is 364 g/mol. The Balaban J connectivity index is 2.74. The van der Waals surface area contributed by atoms with Crippen molar-refractivity contribution in [3.05, 3.63) is 31.9 Å². The summed E-state index contributed by atoms with van der Waals surface area (Å²) in [6, 6.07) is 4.44. The van der Waals surface area contributed by atoms with Crippen molar-refractivity contribution in [3.8, 4) is 0 Å². The number of nitro benzene ring substituents is 1. The highest BCUT2D eigenvalue weighted by atomic mass is 127. The molecule has 7 heteroatoms. The number of halogens is 1. The Labute approximate surface area is 118 Å². The van der Waals surface area contributed by atoms with Gasteiger partial charge in [-0.25, -0.2) is 0 Å². The molecule has 0 aromatic heterocycles. The van der Waals surface area contributed by atoms with Crippen molar-refractivity contribution in [2.24, 2.45) is 5.92 Å². The Morgan fingerprint density at radius 1 is 1.61 bits per heavy atom. The predicted molar refractivity (Wildman–Crippen MR) is 75.7 cm³/mol. The Hall–Kier alpha value is -1.38. The van der Waals surface area contributed by atoms with Crippen molar-refractivity contribution < 1.29 is 14.8 Å². The lowest BCUT2D eigenvalue weighted by Gasteiger charge is -2.13. The molecule has 0 spiro atoms. The van der Waals surface area contributed by atoms with Gasteiger partial charge >= 0.3 is 5.97 Å². The highest BCUT2D eigenvalue weighted by Gasteiger charge is 2.15. The second-order valence-corrected chi connectivity index (χ2v) is 4.91. The highest BCUT2D eigenvalue weighted by Crippen LogP contribution is 2.24. The van der Waals surface area contributed by atoms with Crippen LogP contribution in [0.1, 0.15) is 13.3 Å². The number of carboxylic acid groups (broad SMARTS) is 1. The number of nitrogens with zero attached hydrogens (tertiary/aromatic N) is 1. The van der Waals surface area contributed by atoms with E-state index in [2.05, 4.69) is 5.32 Å². The summed E-state index contributed by atoms with van der Waals surface area (Å²) in [6.45, 7) is 2.11. The van der Waals surface area contributed by atoms with Crippen LogP contribution in [0.2, 0.25) is 0 Å². The van der Waals surface area contributed by atoms with Gasteiger partial charge in [-0.1, -0.05) is 6.92 Å². The number of rotatable bonds is 6. The Kier molecular flexibility index (Phi) is 5.32. The summed E-state index contributed by atoms with van der Waals surface area (Å²) in [4.78, 5) is 21.0. The zero-order valence-electron chi connectivity index (χ0n) is 9.72. The largest absolute Gasteiger partial charge is 0.481 e. The number of aliphatic carboxylic acids is 1. The van der Waals surface area contributed by atoms with Gasteiger partial charge in [0.25, 0.3) is 5.69 Å². The number of hydrogen-bond acceptors (Lipinski definition) is 4. The molecule has 0 saturated carbocycles. The number of hydrogen-bond donors (Lipinski definition) is 2. The van der Waals surface area contributed by atoms with Gasteiger partial charge in [-0.15, -0.1) is 0 Å². The molecule has 1 rings (SSSR count). The Morgan fingerprint density at radius 3 is 2.72 bits per heavy atom. The van der Waals surface area contributed by atoms with Crippen LogP contribution in [0, 0.1) is 19.6 Å². The minimum absolute atomic E-state index is 0.0234. The molecule has 0 aliphatic carbocycles. The first-order valence-corrected chi connectivity index (χ1v) is 6.44. The van der Waals surface area contributed by atoms with E-state index in [-0.39, 0.29) is 5.69 Å². The fourth-order valence-corrected chi connectivity index (χ4v) is 2.09. The summed E-state index contributed by atoms with van der Waals surface area (Å²) in [7, 11) is 0. The molecule has 98 valence electrons. The van der Waals surface area contributed by atoms with E-state index < -0.39 is 16.8 Å². The topological polar surface area (TPSA) is 92.5 Å². The van der Waals surface area contributed by atoms with E-state index in [4.69, 9.17) is 5.11 Å². The lowest BCUT2D eigenvalue weighted by atomic mass is 10.1. The molecule has 0 aliphatic rings. The normalized spacial score (nSPS) is 11.9. The molecule has 0 radical (unpaired) electrons. The van der Waals surface area contributed by atoms with Gasteiger partial charge in [-0.05, 0) is 35.1 Å². The molecule has 1 atom stereocenters. The standard InChI is InChI=1S/C11H13IN2O4/c1-2-7(11(15)16)6-13-10-4-3-8(14(17)18)5-9(10)12/h3-5,7,13H,2,6H2,1H3,(H,15,16). The summed E-state index contributed by atoms with van der Waals surface area (Å²) in [6.07, 6.45) is 0.534. The predicted octanol–water partition coefficient (Wildman–Crippen LogP) is 2.72. The third-order valence-corrected chi connectivity index (χ3v) is 3.44. The molecule has 1 aromatic rings. The summed E-state index contributed by atoms with van der Waals surface area (Å²) < 4.78 is 0.696. The fourth-order valence-electron chi connectivity index (χ4n) is 1.40. The second kappa shape index (κ2) is 6.53. The maximum atomic E-state index is 10.8. The van der Waals surface area contributed by atoms with Crippen molar-refractivity contribution >= 4 is 39.9 Å². The van der Waals surface area contributed by atoms with E-state index in [1.165, 1.54) is 12.1 Å². The highest BCUT2D eigenvalue weighted by molar-refractivity contribution is 14.1. The van der Waals surface area contributed by atoms with Crippen LogP contribution in [0.15, 0.2) is 18.2 Å². The molecular weight excluding hydrogens is 351 g/mol. The third-order valence-electron chi connectivity index (χ3n) is 2.54. The summed E-state index contributed by atoms with van der Waals surface area (Å²) >= 11 is 1.98. The molecule has 0 heterocycles. The van der Waals surface area contributed by atoms with Crippen molar-refractivity contribution in [2.75, 3.05) is 11.9 Å². The number of benzene rings is 1. The third kappa shape index (κ3) is 3.83. The van der Waals surface area contributed by atoms with Gasteiger partial charge in [0, 0.05) is 27.9 Å². The molecule has 0 aliphatic heterocycles. The molecular formula is C11H13IN2O4. The minimum Gasteiger partial charge on any atom is -0.481 e. The zero-order valence-corrected chi connectivity index (χ0v) is 11.9. The minimum atomic E-state index is -0.845. The SMILES string of the molecule is CCC(CNc1ccc([N+](=O)[O-])cc1I)C(=O)O. The number of nitro groups is 1. The maximum absolute atomic E-state index is 10.8. The van der Waals surface area contributed by atoms with E-state index in [1.54, 1.807) is 13.0 Å². The van der Waals surface area contributed by atoms with Crippen LogP contribution >= 0.6 is 22.6 Å². The number of carbonyl (C=O) groups is 1. The first-order chi connectivity index (χ1) is 8.45. The molecule has 18 heavy (non-hydrogen) atoms. The van der Waals surface area contributed by atoms with Crippen molar-refractivity contribution in [1.29, 1.82) is 0 Å². The van der Waals surface area contributed by atoms with Crippen molar-refractivity contribution in [1.82, 2.24) is 0 Å². The van der Waals surface area contributed by atoms with E-state index in [0.717, 1.165) is 0 Å². The molecule has 0 amide bonds. The van der Waals surface area contributed by atoms with Gasteiger partial charge in [0.2, 0.25) is 0 Å². The van der Waals surface area contributed by atoms with Crippen LogP contribution in [0.4, 0.5) is 11.4 Å². The van der Waals surface area contributed by atoms with E-state index in [9.17, 15) is 14.9 Å². The zero-order chi connectivity index (χ0) is 13.7. The average molecular weight is 364 g/mol. The van der Waals surface area contributed by atoms with Gasteiger partial charge in [0.15, 0.2) is 0 Å². The van der Waals surface area contributed by atoms with Crippen LogP contribution in [0.5, 0.6) is 0 Å². The number of carboxylic acids is 1. The second-order valence-electron chi connectivity index (χ2n) is 3.75. The van der Waals surface area contributed by atoms with Gasteiger partial charge in [-0.3, -0.25) is 14.9 Å². The smallest absolute Gasteiger partial charge is 0.308 e. The molecule has 6 nitrogen and oxygen atoms in total. The van der Waals surface area contributed by atoms with Crippen LogP contribution in [0.3, 0.4) is 0 Å². The molecule has 1 unspecified atom stereocenters. The molecule has 0 fully saturated rings. The maximum Gasteiger partial charge on any atom is 0.308 e. The molecule has 0 saturated heterocycles. The number of nitrogens with one attached hydrogen (secondary N) is 1. The summed E-state index contributed by atoms with van der Waals surface area (Å²) in [5, 5.41) is 22.5. The van der Waals surface area contributed by atoms with Gasteiger partial charge in [0.05, 0.1) is 10.8 Å². The molecule has 0 bridgehead atoms. The van der Waals surface area contributed by atoms with Crippen LogP contribution < -0.4 is 5.32 Å². The Morgan fingerprint density at radius 2 is 2.28 bits per heavy atom. The van der Waals surface area contributed by atoms with Crippen LogP contribution in [0.25, 0.3) is 0 Å². The van der Waals surface area contributed by atoms with E-state index in [0.29, 0.717) is 22.2 Å². The first kappa shape index (κ1) is 14.7. The number of anilines is 1. The first-order valence-electron chi connectivity index (χ1n) is 5.36. The lowest BCUT2D eigenvalue weighted by Crippen LogP contribution is -2.22. The quantitative estimate of drug-likeness (QED) is 0.460. The van der Waals surface area contributed by atoms with Crippen LogP contribution in [-0.2, 0) is 4.79 Å². The fraction of sp³-hybridized carbons (Fsp3) is 0.364. The van der Waals surface area contributed by atoms with Crippen molar-refractivity contribution in [3.63, 3.8) is 0 Å². The van der Waals surface area contributed by atoms with E-state index in [1.807, 2.05) is 22.6 Å². The molecule has 2 N–H and O–H groups in total. The van der Waals surface area contributed by atoms with Gasteiger partial charge in [-0.2, -0.15) is 0 Å². The Bertz CT molecular complexity index is 464. The molecule has 1 aromatic carbocycles. The van der Waals surface area contributed by atoms with Gasteiger partial charge < -0.3 is 10.4 Å². The average Bonchev–Trinajstić information content (AvgIpc) is 2.30. The van der Waals surface area contributed by atoms with Crippen molar-refractivity contribution in [2.45, 2.75) is 13.3 Å². The summed E-state index contributed by atoms with van der Waals surface area (Å²) in [5.74, 6) is -1.31. The van der Waals surface area contributed by atoms with Crippen LogP contribution in [-0.4, -0.2) is 22.5 Å². The van der Waals surface area contributed by atoms with E-state index >= 15 is 0 Å². The van der Waals surface area contributed by atoms with Gasteiger partial charge in [0.1, 0.15) is 0 Å².